The highest BCUT2D eigenvalue weighted by Gasteiger charge is 2.07. The van der Waals surface area contributed by atoms with Crippen LogP contribution in [-0.4, -0.2) is 28.5 Å². The number of carboxylic acids is 1. The van der Waals surface area contributed by atoms with Crippen molar-refractivity contribution in [2.75, 3.05) is 0 Å². The van der Waals surface area contributed by atoms with Crippen molar-refractivity contribution in [3.05, 3.63) is 24.3 Å². The van der Waals surface area contributed by atoms with Crippen molar-refractivity contribution in [2.45, 2.75) is 6.92 Å². The molecule has 0 unspecified atom stereocenters. The summed E-state index contributed by atoms with van der Waals surface area (Å²) in [6.07, 6.45) is 1.22. The third-order valence-electron chi connectivity index (χ3n) is 0.904. The van der Waals surface area contributed by atoms with Gasteiger partial charge in [-0.1, -0.05) is 6.58 Å². The van der Waals surface area contributed by atoms with Crippen molar-refractivity contribution in [1.29, 1.82) is 0 Å². The smallest absolute Gasteiger partial charge is 0.340 e. The first-order valence-corrected chi connectivity index (χ1v) is 3.26. The minimum absolute atomic E-state index is 0. The van der Waals surface area contributed by atoms with Crippen molar-refractivity contribution in [1.82, 2.24) is 0 Å². The van der Waals surface area contributed by atoms with E-state index in [1.54, 1.807) is 0 Å². The first-order valence-electron chi connectivity index (χ1n) is 3.26. The van der Waals surface area contributed by atoms with Crippen LogP contribution in [0.2, 0.25) is 0 Å². The lowest BCUT2D eigenvalue weighted by Crippen LogP contribution is -2.10. The molecule has 0 aromatic rings. The molecule has 0 spiro atoms. The predicted octanol–water partition coefficient (Wildman–Crippen LogP) is -0.552. The van der Waals surface area contributed by atoms with Crippen LogP contribution in [-0.2, 0) is 19.1 Å². The number of aliphatic carboxylic acids is 1. The summed E-state index contributed by atoms with van der Waals surface area (Å²) in [4.78, 5) is 31.2. The number of hydrogen-bond donors (Lipinski definition) is 1. The Labute approximate surface area is 79.8 Å². The first-order chi connectivity index (χ1) is 5.93. The molecular formula is C8H10O6. The molecule has 0 rings (SSSR count). The predicted molar refractivity (Wildman–Crippen MR) is 46.3 cm³/mol. The molecule has 0 radical (unpaired) electrons. The van der Waals surface area contributed by atoms with E-state index >= 15 is 0 Å². The van der Waals surface area contributed by atoms with Crippen LogP contribution in [0.5, 0.6) is 0 Å². The fraction of sp³-hybridized carbons (Fsp3) is 0.125. The molecule has 0 aliphatic rings. The number of esters is 2. The van der Waals surface area contributed by atoms with Gasteiger partial charge in [0, 0.05) is 17.7 Å². The maximum Gasteiger partial charge on any atom is 0.340 e. The SMILES string of the molecule is C=C(C)C(=O)OC(=O)/C=C\C(=O)O.O. The molecule has 0 fully saturated rings. The van der Waals surface area contributed by atoms with E-state index in [4.69, 9.17) is 5.11 Å². The maximum atomic E-state index is 10.7. The van der Waals surface area contributed by atoms with E-state index in [0.29, 0.717) is 12.2 Å². The number of hydrogen-bond acceptors (Lipinski definition) is 4. The standard InChI is InChI=1S/C8H8O5.H2O/c1-5(2)8(12)13-7(11)4-3-6(9)10;/h3-4H,1H2,2H3,(H,9,10);1H2/b4-3-;. The average molecular weight is 202 g/mol. The zero-order chi connectivity index (χ0) is 10.4. The fourth-order valence-electron chi connectivity index (χ4n) is 0.352. The van der Waals surface area contributed by atoms with E-state index in [1.165, 1.54) is 6.92 Å². The molecule has 0 amide bonds. The second-order valence-corrected chi connectivity index (χ2v) is 2.16. The molecule has 78 valence electrons. The Balaban J connectivity index is 0. The number of rotatable bonds is 3. The van der Waals surface area contributed by atoms with Gasteiger partial charge in [0.2, 0.25) is 0 Å². The second-order valence-electron chi connectivity index (χ2n) is 2.16. The van der Waals surface area contributed by atoms with Gasteiger partial charge in [0.1, 0.15) is 0 Å². The van der Waals surface area contributed by atoms with Gasteiger partial charge >= 0.3 is 17.9 Å². The first kappa shape index (κ1) is 14.6. The van der Waals surface area contributed by atoms with E-state index in [1.807, 2.05) is 0 Å². The summed E-state index contributed by atoms with van der Waals surface area (Å²) in [5.74, 6) is -3.20. The summed E-state index contributed by atoms with van der Waals surface area (Å²) in [5.41, 5.74) is 0.0667. The van der Waals surface area contributed by atoms with E-state index in [0.717, 1.165) is 0 Å². The summed E-state index contributed by atoms with van der Waals surface area (Å²) >= 11 is 0. The Bertz CT molecular complexity index is 288. The summed E-state index contributed by atoms with van der Waals surface area (Å²) < 4.78 is 4.13. The lowest BCUT2D eigenvalue weighted by molar-refractivity contribution is -0.153. The average Bonchev–Trinajstić information content (AvgIpc) is 2.00. The highest BCUT2D eigenvalue weighted by molar-refractivity contribution is 6.00. The van der Waals surface area contributed by atoms with Crippen molar-refractivity contribution in [2.24, 2.45) is 0 Å². The van der Waals surface area contributed by atoms with Gasteiger partial charge in [0.05, 0.1) is 0 Å². The van der Waals surface area contributed by atoms with E-state index in [9.17, 15) is 14.4 Å². The molecule has 6 heteroatoms. The Morgan fingerprint density at radius 2 is 1.79 bits per heavy atom. The third-order valence-corrected chi connectivity index (χ3v) is 0.904. The summed E-state index contributed by atoms with van der Waals surface area (Å²) in [5, 5.41) is 8.11. The molecule has 6 nitrogen and oxygen atoms in total. The zero-order valence-corrected chi connectivity index (χ0v) is 7.44. The quantitative estimate of drug-likeness (QED) is 0.374. The van der Waals surface area contributed by atoms with Gasteiger partial charge in [0.25, 0.3) is 0 Å². The number of carbonyl (C=O) groups is 3. The number of ether oxygens (including phenoxy) is 1. The van der Waals surface area contributed by atoms with Crippen molar-refractivity contribution in [3.63, 3.8) is 0 Å². The molecule has 0 saturated heterocycles. The second kappa shape index (κ2) is 6.55. The molecule has 0 heterocycles. The van der Waals surface area contributed by atoms with Gasteiger partial charge in [-0.05, 0) is 6.92 Å². The lowest BCUT2D eigenvalue weighted by atomic mass is 10.4. The lowest BCUT2D eigenvalue weighted by Gasteiger charge is -1.96. The van der Waals surface area contributed by atoms with Gasteiger partial charge in [-0.25, -0.2) is 14.4 Å². The Kier molecular flexibility index (Phi) is 6.82. The van der Waals surface area contributed by atoms with Crippen LogP contribution in [0.3, 0.4) is 0 Å². The van der Waals surface area contributed by atoms with Crippen molar-refractivity contribution >= 4 is 17.9 Å². The van der Waals surface area contributed by atoms with Crippen molar-refractivity contribution in [3.8, 4) is 0 Å². The highest BCUT2D eigenvalue weighted by atomic mass is 16.6. The van der Waals surface area contributed by atoms with Gasteiger partial charge < -0.3 is 15.3 Å². The van der Waals surface area contributed by atoms with Crippen LogP contribution >= 0.6 is 0 Å². The molecule has 3 N–H and O–H groups in total. The van der Waals surface area contributed by atoms with Crippen LogP contribution in [0.25, 0.3) is 0 Å². The topological polar surface area (TPSA) is 112 Å². The molecule has 0 aliphatic heterocycles. The Morgan fingerprint density at radius 3 is 2.14 bits per heavy atom. The molecular weight excluding hydrogens is 192 g/mol. The van der Waals surface area contributed by atoms with Gasteiger partial charge in [-0.3, -0.25) is 0 Å². The van der Waals surface area contributed by atoms with E-state index < -0.39 is 17.9 Å². The molecule has 0 aliphatic carbocycles. The summed E-state index contributed by atoms with van der Waals surface area (Å²) in [6.45, 7) is 4.61. The molecule has 0 saturated carbocycles. The van der Waals surface area contributed by atoms with Crippen LogP contribution in [0.1, 0.15) is 6.92 Å². The minimum atomic E-state index is -1.29. The maximum absolute atomic E-state index is 10.7. The fourth-order valence-corrected chi connectivity index (χ4v) is 0.352. The molecule has 0 bridgehead atoms. The Morgan fingerprint density at radius 1 is 1.29 bits per heavy atom. The normalized spacial score (nSPS) is 8.93. The Hall–Kier alpha value is -1.95. The van der Waals surface area contributed by atoms with Crippen LogP contribution in [0.15, 0.2) is 24.3 Å². The molecule has 14 heavy (non-hydrogen) atoms. The monoisotopic (exact) mass is 202 g/mol. The van der Waals surface area contributed by atoms with Crippen LogP contribution < -0.4 is 0 Å². The van der Waals surface area contributed by atoms with Gasteiger partial charge in [-0.15, -0.1) is 0 Å². The minimum Gasteiger partial charge on any atom is -0.478 e. The zero-order valence-electron chi connectivity index (χ0n) is 7.44. The number of carbonyl (C=O) groups excluding carboxylic acids is 2. The molecule has 0 atom stereocenters. The van der Waals surface area contributed by atoms with E-state index in [-0.39, 0.29) is 11.0 Å². The van der Waals surface area contributed by atoms with Crippen LogP contribution in [0, 0.1) is 0 Å². The van der Waals surface area contributed by atoms with Gasteiger partial charge in [0.15, 0.2) is 0 Å². The largest absolute Gasteiger partial charge is 0.478 e. The summed E-state index contributed by atoms with van der Waals surface area (Å²) in [7, 11) is 0. The van der Waals surface area contributed by atoms with Crippen LogP contribution in [0.4, 0.5) is 0 Å². The number of carboxylic acid groups (broad SMARTS) is 1. The molecule has 0 aromatic carbocycles. The third kappa shape index (κ3) is 6.74. The van der Waals surface area contributed by atoms with Gasteiger partial charge in [-0.2, -0.15) is 0 Å². The summed E-state index contributed by atoms with van der Waals surface area (Å²) in [6, 6.07) is 0. The highest BCUT2D eigenvalue weighted by Crippen LogP contribution is 1.93. The molecule has 0 aromatic heterocycles. The van der Waals surface area contributed by atoms with Crippen molar-refractivity contribution < 1.29 is 29.7 Å². The van der Waals surface area contributed by atoms with E-state index in [2.05, 4.69) is 11.3 Å².